The van der Waals surface area contributed by atoms with Crippen LogP contribution in [-0.2, 0) is 11.2 Å². The molecule has 2 aliphatic rings. The lowest BCUT2D eigenvalue weighted by atomic mass is 10.0. The van der Waals surface area contributed by atoms with Gasteiger partial charge in [0.15, 0.2) is 0 Å². The van der Waals surface area contributed by atoms with Crippen LogP contribution < -0.4 is 16.2 Å². The molecular formula is C21H21F4N3O5. The number of halogens is 4. The molecule has 0 spiro atoms. The van der Waals surface area contributed by atoms with E-state index in [4.69, 9.17) is 20.7 Å². The number of benzene rings is 1. The second-order valence-electron chi connectivity index (χ2n) is 7.85. The highest BCUT2D eigenvalue weighted by Crippen LogP contribution is 2.45. The number of alkyl halides is 3. The summed E-state index contributed by atoms with van der Waals surface area (Å²) < 4.78 is 46.5. The average Bonchev–Trinajstić information content (AvgIpc) is 3.12. The van der Waals surface area contributed by atoms with Crippen molar-refractivity contribution in [3.05, 3.63) is 51.6 Å². The topological polar surface area (TPSA) is 137 Å². The number of carboxylic acid groups (broad SMARTS) is 2. The third kappa shape index (κ3) is 5.00. The number of aromatic amines is 1. The van der Waals surface area contributed by atoms with Crippen molar-refractivity contribution in [1.82, 2.24) is 4.98 Å². The van der Waals surface area contributed by atoms with E-state index in [1.54, 1.807) is 6.07 Å². The van der Waals surface area contributed by atoms with Gasteiger partial charge in [-0.3, -0.25) is 4.79 Å². The Hall–Kier alpha value is -3.41. The molecule has 1 saturated carbocycles. The fourth-order valence-corrected chi connectivity index (χ4v) is 3.94. The molecule has 3 atom stereocenters. The van der Waals surface area contributed by atoms with Gasteiger partial charge in [0.05, 0.1) is 5.69 Å². The van der Waals surface area contributed by atoms with Crippen LogP contribution >= 0.6 is 0 Å². The van der Waals surface area contributed by atoms with Gasteiger partial charge in [-0.15, -0.1) is 0 Å². The van der Waals surface area contributed by atoms with Crippen LogP contribution in [0.2, 0.25) is 0 Å². The van der Waals surface area contributed by atoms with Crippen molar-refractivity contribution in [3.8, 4) is 11.3 Å². The number of nitrogens with zero attached hydrogens (tertiary/aromatic N) is 1. The number of aromatic nitrogens is 1. The number of carboxylic acids is 2. The lowest BCUT2D eigenvalue weighted by Gasteiger charge is -2.22. The molecular weight excluding hydrogens is 450 g/mol. The number of aryl methyl sites for hydroxylation is 1. The van der Waals surface area contributed by atoms with Crippen LogP contribution in [0.4, 0.5) is 23.2 Å². The standard InChI is InChI=1S/C19H20FN3O3.C2HF3O2/c1-2-9-5-12(19(25)26)18(24)22-17(9)11-4-3-10(6-15(11)20)23-7-13-14(8-23)16(13)21;3-2(4,5)1(6)7/h3-6,13-14,16H,2,7-8,21H2,1H3,(H,22,24)(H,25,26);(H,6,7)/t13-,14+,16-;. The molecule has 33 heavy (non-hydrogen) atoms. The van der Waals surface area contributed by atoms with Crippen molar-refractivity contribution in [1.29, 1.82) is 0 Å². The van der Waals surface area contributed by atoms with Gasteiger partial charge < -0.3 is 25.8 Å². The first-order chi connectivity index (χ1) is 15.3. The second kappa shape index (κ2) is 8.85. The van der Waals surface area contributed by atoms with Gasteiger partial charge in [-0.2, -0.15) is 13.2 Å². The summed E-state index contributed by atoms with van der Waals surface area (Å²) in [6.07, 6.45) is -4.61. The van der Waals surface area contributed by atoms with Crippen molar-refractivity contribution in [3.63, 3.8) is 0 Å². The van der Waals surface area contributed by atoms with Gasteiger partial charge in [0, 0.05) is 30.4 Å². The number of carbonyl (C=O) groups is 2. The Labute approximate surface area is 184 Å². The van der Waals surface area contributed by atoms with Crippen molar-refractivity contribution in [2.75, 3.05) is 18.0 Å². The van der Waals surface area contributed by atoms with Gasteiger partial charge in [0.25, 0.3) is 5.56 Å². The normalized spacial score (nSPS) is 21.2. The smallest absolute Gasteiger partial charge is 0.477 e. The summed E-state index contributed by atoms with van der Waals surface area (Å²) in [4.78, 5) is 36.7. The molecule has 178 valence electrons. The van der Waals surface area contributed by atoms with E-state index in [9.17, 15) is 27.2 Å². The number of hydrogen-bond donors (Lipinski definition) is 4. The number of rotatable bonds is 4. The zero-order chi connectivity index (χ0) is 24.7. The maximum Gasteiger partial charge on any atom is 0.490 e. The molecule has 0 amide bonds. The van der Waals surface area contributed by atoms with E-state index in [2.05, 4.69) is 9.88 Å². The van der Waals surface area contributed by atoms with Crippen molar-refractivity contribution in [2.45, 2.75) is 25.6 Å². The van der Waals surface area contributed by atoms with E-state index in [-0.39, 0.29) is 17.2 Å². The molecule has 8 nitrogen and oxygen atoms in total. The fourth-order valence-electron chi connectivity index (χ4n) is 3.94. The maximum atomic E-state index is 14.8. The van der Waals surface area contributed by atoms with Gasteiger partial charge in [0.1, 0.15) is 11.4 Å². The predicted molar refractivity (Wildman–Crippen MR) is 110 cm³/mol. The minimum Gasteiger partial charge on any atom is -0.477 e. The van der Waals surface area contributed by atoms with Crippen molar-refractivity contribution < 1.29 is 37.4 Å². The largest absolute Gasteiger partial charge is 0.490 e. The van der Waals surface area contributed by atoms with Crippen LogP contribution in [0.3, 0.4) is 0 Å². The number of hydrogen-bond acceptors (Lipinski definition) is 5. The van der Waals surface area contributed by atoms with Gasteiger partial charge in [0.2, 0.25) is 0 Å². The van der Waals surface area contributed by atoms with Crippen LogP contribution in [0.15, 0.2) is 29.1 Å². The molecule has 2 aromatic rings. The van der Waals surface area contributed by atoms with Crippen LogP contribution in [0.1, 0.15) is 22.8 Å². The summed E-state index contributed by atoms with van der Waals surface area (Å²) in [7, 11) is 0. The molecule has 2 fully saturated rings. The maximum absolute atomic E-state index is 14.8. The van der Waals surface area contributed by atoms with Gasteiger partial charge in [-0.25, -0.2) is 14.0 Å². The van der Waals surface area contributed by atoms with E-state index in [1.807, 2.05) is 13.0 Å². The number of fused-ring (bicyclic) bond motifs is 1. The van der Waals surface area contributed by atoms with E-state index in [0.717, 1.165) is 18.8 Å². The monoisotopic (exact) mass is 471 g/mol. The number of aliphatic carboxylic acids is 1. The Morgan fingerprint density at radius 1 is 1.18 bits per heavy atom. The predicted octanol–water partition coefficient (Wildman–Crippen LogP) is 2.47. The van der Waals surface area contributed by atoms with Crippen LogP contribution in [0.5, 0.6) is 0 Å². The highest BCUT2D eigenvalue weighted by atomic mass is 19.4. The van der Waals surface area contributed by atoms with E-state index in [1.165, 1.54) is 12.1 Å². The lowest BCUT2D eigenvalue weighted by Crippen LogP contribution is -2.28. The van der Waals surface area contributed by atoms with Crippen molar-refractivity contribution >= 4 is 17.6 Å². The highest BCUT2D eigenvalue weighted by molar-refractivity contribution is 5.88. The summed E-state index contributed by atoms with van der Waals surface area (Å²) in [5.74, 6) is -3.49. The quantitative estimate of drug-likeness (QED) is 0.503. The molecule has 0 bridgehead atoms. The summed E-state index contributed by atoms with van der Waals surface area (Å²) >= 11 is 0. The molecule has 1 aliphatic heterocycles. The first-order valence-electron chi connectivity index (χ1n) is 9.95. The van der Waals surface area contributed by atoms with Crippen LogP contribution in [-0.4, -0.2) is 52.4 Å². The lowest BCUT2D eigenvalue weighted by molar-refractivity contribution is -0.192. The molecule has 2 heterocycles. The summed E-state index contributed by atoms with van der Waals surface area (Å²) in [6, 6.07) is 6.53. The molecule has 1 aromatic heterocycles. The van der Waals surface area contributed by atoms with E-state index in [0.29, 0.717) is 29.5 Å². The average molecular weight is 471 g/mol. The molecule has 12 heteroatoms. The molecule has 5 N–H and O–H groups in total. The summed E-state index contributed by atoms with van der Waals surface area (Å²) in [5, 5.41) is 16.2. The molecule has 0 radical (unpaired) electrons. The molecule has 1 saturated heterocycles. The second-order valence-corrected chi connectivity index (χ2v) is 7.85. The van der Waals surface area contributed by atoms with Gasteiger partial charge in [-0.1, -0.05) is 6.92 Å². The third-order valence-corrected chi connectivity index (χ3v) is 5.82. The molecule has 1 aromatic carbocycles. The van der Waals surface area contributed by atoms with E-state index >= 15 is 0 Å². The Kier molecular flexibility index (Phi) is 6.50. The first kappa shape index (κ1) is 24.2. The number of anilines is 1. The number of pyridine rings is 1. The minimum absolute atomic E-state index is 0.265. The van der Waals surface area contributed by atoms with Crippen LogP contribution in [0.25, 0.3) is 11.3 Å². The highest BCUT2D eigenvalue weighted by Gasteiger charge is 2.53. The number of nitrogens with two attached hydrogens (primary N) is 1. The zero-order valence-corrected chi connectivity index (χ0v) is 17.3. The van der Waals surface area contributed by atoms with Crippen LogP contribution in [0, 0.1) is 17.7 Å². The summed E-state index contributed by atoms with van der Waals surface area (Å²) in [5.41, 5.74) is 6.85. The number of nitrogens with one attached hydrogen (secondary N) is 1. The third-order valence-electron chi connectivity index (χ3n) is 5.82. The number of aromatic carboxylic acids is 1. The molecule has 4 rings (SSSR count). The fraction of sp³-hybridized carbons (Fsp3) is 0.381. The SMILES string of the molecule is CCc1cc(C(=O)O)c(=O)[nH]c1-c1ccc(N2C[C@@H]3[C@H](N)[C@@H]3C2)cc1F.O=C(O)C(F)(F)F. The van der Waals surface area contributed by atoms with E-state index < -0.39 is 29.5 Å². The summed E-state index contributed by atoms with van der Waals surface area (Å²) in [6.45, 7) is 3.51. The van der Waals surface area contributed by atoms with Gasteiger partial charge >= 0.3 is 18.1 Å². The molecule has 0 unspecified atom stereocenters. The minimum atomic E-state index is -5.08. The van der Waals surface area contributed by atoms with Gasteiger partial charge in [-0.05, 0) is 48.1 Å². The number of piperidine rings is 1. The Morgan fingerprint density at radius 3 is 2.21 bits per heavy atom. The Bertz CT molecular complexity index is 1140. The Balaban J connectivity index is 0.000000383. The molecule has 1 aliphatic carbocycles. The number of H-pyrrole nitrogens is 1. The Morgan fingerprint density at radius 2 is 1.76 bits per heavy atom. The zero-order valence-electron chi connectivity index (χ0n) is 17.3. The van der Waals surface area contributed by atoms with Crippen molar-refractivity contribution in [2.24, 2.45) is 17.6 Å². The first-order valence-corrected chi connectivity index (χ1v) is 9.95.